The lowest BCUT2D eigenvalue weighted by Gasteiger charge is -2.09. The fourth-order valence-corrected chi connectivity index (χ4v) is 2.70. The van der Waals surface area contributed by atoms with Gasteiger partial charge < -0.3 is 10.6 Å². The largest absolute Gasteiger partial charge is 0.369 e. The second-order valence-electron chi connectivity index (χ2n) is 5.18. The fourth-order valence-electron chi connectivity index (χ4n) is 2.32. The molecule has 0 unspecified atom stereocenters. The minimum atomic E-state index is -0.0912. The van der Waals surface area contributed by atoms with Crippen molar-refractivity contribution in [1.82, 2.24) is 9.97 Å². The highest BCUT2D eigenvalue weighted by Crippen LogP contribution is 2.20. The first-order chi connectivity index (χ1) is 12.3. The molecule has 0 saturated carbocycles. The van der Waals surface area contributed by atoms with Crippen LogP contribution in [0.25, 0.3) is 10.9 Å². The number of carbonyl (C=O) groups excluding carboxylic acids is 1. The van der Waals surface area contributed by atoms with Crippen molar-refractivity contribution in [2.24, 2.45) is 0 Å². The minimum absolute atomic E-state index is 0.0912. The van der Waals surface area contributed by atoms with Crippen molar-refractivity contribution in [3.05, 3.63) is 54.9 Å². The van der Waals surface area contributed by atoms with Gasteiger partial charge in [0.1, 0.15) is 17.5 Å². The number of thioether (sulfide) groups is 1. The van der Waals surface area contributed by atoms with Gasteiger partial charge >= 0.3 is 0 Å². The summed E-state index contributed by atoms with van der Waals surface area (Å²) in [6.45, 7) is 0.467. The molecule has 124 valence electrons. The number of anilines is 2. The Morgan fingerprint density at radius 1 is 1.12 bits per heavy atom. The zero-order chi connectivity index (χ0) is 17.5. The van der Waals surface area contributed by atoms with E-state index < -0.39 is 0 Å². The molecule has 0 saturated heterocycles. The molecule has 7 heteroatoms. The molecular formula is C18H15N5OS. The smallest absolute Gasteiger partial charge is 0.226 e. The van der Waals surface area contributed by atoms with Gasteiger partial charge in [-0.25, -0.2) is 9.97 Å². The number of nitrogens with one attached hydrogen (secondary N) is 2. The Morgan fingerprint density at radius 3 is 2.72 bits per heavy atom. The molecule has 25 heavy (non-hydrogen) atoms. The maximum absolute atomic E-state index is 12.0. The lowest BCUT2D eigenvalue weighted by Crippen LogP contribution is -2.16. The third-order valence-corrected chi connectivity index (χ3v) is 4.09. The summed E-state index contributed by atoms with van der Waals surface area (Å²) >= 11 is 1.09. The van der Waals surface area contributed by atoms with Crippen LogP contribution in [-0.2, 0) is 4.79 Å². The lowest BCUT2D eigenvalue weighted by atomic mass is 10.2. The van der Waals surface area contributed by atoms with Gasteiger partial charge in [0.25, 0.3) is 0 Å². The highest BCUT2D eigenvalue weighted by atomic mass is 32.2. The van der Waals surface area contributed by atoms with Crippen molar-refractivity contribution < 1.29 is 4.79 Å². The molecule has 0 aliphatic rings. The van der Waals surface area contributed by atoms with Crippen LogP contribution in [-0.4, -0.2) is 22.4 Å². The van der Waals surface area contributed by atoms with Crippen LogP contribution in [0.3, 0.4) is 0 Å². The van der Waals surface area contributed by atoms with Gasteiger partial charge in [-0.3, -0.25) is 4.79 Å². The number of nitrogens with zero attached hydrogens (tertiary/aromatic N) is 3. The third-order valence-electron chi connectivity index (χ3n) is 3.49. The standard InChI is InChI=1S/C18H15N5OS/c19-11-25-14-7-5-13(6-8-14)23-17(24)9-10-20-18-15-3-1-2-4-16(15)21-12-22-18/h1-8,12H,9-10H2,(H,23,24)(H,20,21,22). The number of amides is 1. The Hall–Kier alpha value is -3.11. The molecule has 0 aliphatic heterocycles. The molecule has 0 spiro atoms. The van der Waals surface area contributed by atoms with Crippen LogP contribution in [0.1, 0.15) is 6.42 Å². The van der Waals surface area contributed by atoms with Crippen molar-refractivity contribution in [2.45, 2.75) is 11.3 Å². The van der Waals surface area contributed by atoms with E-state index in [9.17, 15) is 4.79 Å². The molecule has 1 amide bonds. The predicted octanol–water partition coefficient (Wildman–Crippen LogP) is 3.64. The number of para-hydroxylation sites is 1. The average Bonchev–Trinajstić information content (AvgIpc) is 2.64. The van der Waals surface area contributed by atoms with Crippen LogP contribution in [0.15, 0.2) is 59.8 Å². The first-order valence-electron chi connectivity index (χ1n) is 7.66. The number of fused-ring (bicyclic) bond motifs is 1. The second-order valence-corrected chi connectivity index (χ2v) is 6.04. The minimum Gasteiger partial charge on any atom is -0.369 e. The SMILES string of the molecule is N#CSc1ccc(NC(=O)CCNc2ncnc3ccccc23)cc1. The monoisotopic (exact) mass is 349 g/mol. The van der Waals surface area contributed by atoms with E-state index in [2.05, 4.69) is 20.6 Å². The van der Waals surface area contributed by atoms with E-state index in [-0.39, 0.29) is 5.91 Å². The molecule has 0 radical (unpaired) electrons. The number of aromatic nitrogens is 2. The van der Waals surface area contributed by atoms with E-state index in [0.717, 1.165) is 33.4 Å². The second kappa shape index (κ2) is 8.13. The summed E-state index contributed by atoms with van der Waals surface area (Å²) in [5.74, 6) is 0.628. The van der Waals surface area contributed by atoms with Crippen molar-refractivity contribution in [2.75, 3.05) is 17.2 Å². The molecule has 0 aliphatic carbocycles. The molecule has 1 heterocycles. The van der Waals surface area contributed by atoms with E-state index >= 15 is 0 Å². The van der Waals surface area contributed by atoms with Gasteiger partial charge in [0.2, 0.25) is 5.91 Å². The normalized spacial score (nSPS) is 10.2. The molecule has 0 atom stereocenters. The predicted molar refractivity (Wildman–Crippen MR) is 99.2 cm³/mol. The van der Waals surface area contributed by atoms with E-state index in [0.29, 0.717) is 18.7 Å². The van der Waals surface area contributed by atoms with Crippen molar-refractivity contribution in [3.63, 3.8) is 0 Å². The van der Waals surface area contributed by atoms with Crippen LogP contribution in [0.2, 0.25) is 0 Å². The summed E-state index contributed by atoms with van der Waals surface area (Å²) in [5.41, 5.74) is 1.57. The Bertz CT molecular complexity index is 915. The first-order valence-corrected chi connectivity index (χ1v) is 8.47. The van der Waals surface area contributed by atoms with Crippen LogP contribution in [0.5, 0.6) is 0 Å². The molecule has 3 aromatic rings. The van der Waals surface area contributed by atoms with E-state index in [4.69, 9.17) is 5.26 Å². The number of hydrogen-bond donors (Lipinski definition) is 2. The number of nitriles is 1. The molecule has 0 fully saturated rings. The Labute approximate surface area is 149 Å². The lowest BCUT2D eigenvalue weighted by molar-refractivity contribution is -0.115. The van der Waals surface area contributed by atoms with Crippen LogP contribution >= 0.6 is 11.8 Å². The van der Waals surface area contributed by atoms with Crippen molar-refractivity contribution >= 4 is 40.1 Å². The first kappa shape index (κ1) is 16.7. The molecule has 3 rings (SSSR count). The summed E-state index contributed by atoms with van der Waals surface area (Å²) in [6.07, 6.45) is 1.82. The summed E-state index contributed by atoms with van der Waals surface area (Å²) in [7, 11) is 0. The maximum Gasteiger partial charge on any atom is 0.226 e. The molecule has 1 aromatic heterocycles. The number of carbonyl (C=O) groups is 1. The maximum atomic E-state index is 12.0. The zero-order valence-corrected chi connectivity index (χ0v) is 14.1. The Morgan fingerprint density at radius 2 is 1.92 bits per heavy atom. The molecule has 6 nitrogen and oxygen atoms in total. The van der Waals surface area contributed by atoms with E-state index in [1.807, 2.05) is 29.7 Å². The third kappa shape index (κ3) is 4.46. The fraction of sp³-hybridized carbons (Fsp3) is 0.111. The molecule has 2 aromatic carbocycles. The Kier molecular flexibility index (Phi) is 5.44. The van der Waals surface area contributed by atoms with Crippen LogP contribution in [0, 0.1) is 10.7 Å². The van der Waals surface area contributed by atoms with E-state index in [1.165, 1.54) is 6.33 Å². The number of benzene rings is 2. The number of thiocyanates is 1. The topological polar surface area (TPSA) is 90.7 Å². The molecular weight excluding hydrogens is 334 g/mol. The van der Waals surface area contributed by atoms with Gasteiger partial charge in [-0.1, -0.05) is 12.1 Å². The summed E-state index contributed by atoms with van der Waals surface area (Å²) in [4.78, 5) is 21.3. The zero-order valence-electron chi connectivity index (χ0n) is 13.3. The van der Waals surface area contributed by atoms with Gasteiger partial charge in [0, 0.05) is 28.9 Å². The van der Waals surface area contributed by atoms with Gasteiger partial charge in [-0.05, 0) is 48.2 Å². The average molecular weight is 349 g/mol. The van der Waals surface area contributed by atoms with Crippen LogP contribution < -0.4 is 10.6 Å². The van der Waals surface area contributed by atoms with Gasteiger partial charge in [0.15, 0.2) is 0 Å². The quantitative estimate of drug-likeness (QED) is 0.521. The van der Waals surface area contributed by atoms with Gasteiger partial charge in [-0.2, -0.15) is 5.26 Å². The summed E-state index contributed by atoms with van der Waals surface area (Å²) < 4.78 is 0. The van der Waals surface area contributed by atoms with Crippen LogP contribution in [0.4, 0.5) is 11.5 Å². The molecule has 0 bridgehead atoms. The van der Waals surface area contributed by atoms with E-state index in [1.54, 1.807) is 24.3 Å². The van der Waals surface area contributed by atoms with Gasteiger partial charge in [-0.15, -0.1) is 0 Å². The summed E-state index contributed by atoms with van der Waals surface area (Å²) in [6, 6.07) is 14.9. The van der Waals surface area contributed by atoms with Crippen molar-refractivity contribution in [1.29, 1.82) is 5.26 Å². The number of rotatable bonds is 6. The summed E-state index contributed by atoms with van der Waals surface area (Å²) in [5, 5.41) is 17.6. The highest BCUT2D eigenvalue weighted by molar-refractivity contribution is 8.03. The number of hydrogen-bond acceptors (Lipinski definition) is 6. The molecule has 2 N–H and O–H groups in total. The Balaban J connectivity index is 1.53. The van der Waals surface area contributed by atoms with Gasteiger partial charge in [0.05, 0.1) is 5.52 Å². The highest BCUT2D eigenvalue weighted by Gasteiger charge is 2.05. The van der Waals surface area contributed by atoms with Crippen molar-refractivity contribution in [3.8, 4) is 5.40 Å².